The number of ether oxygens (including phenoxy) is 5. The molecule has 2 spiro atoms. The highest BCUT2D eigenvalue weighted by atomic mass is 35.5. The van der Waals surface area contributed by atoms with Crippen molar-refractivity contribution in [1.82, 2.24) is 0 Å². The lowest BCUT2D eigenvalue weighted by atomic mass is 9.51. The van der Waals surface area contributed by atoms with E-state index in [1.807, 2.05) is 0 Å². The number of esters is 3. The van der Waals surface area contributed by atoms with Crippen LogP contribution in [0.25, 0.3) is 0 Å². The third-order valence-electron chi connectivity index (χ3n) is 8.99. The van der Waals surface area contributed by atoms with Crippen molar-refractivity contribution in [3.05, 3.63) is 12.2 Å². The van der Waals surface area contributed by atoms with E-state index in [0.29, 0.717) is 19.4 Å². The summed E-state index contributed by atoms with van der Waals surface area (Å²) in [4.78, 5) is 37.2. The van der Waals surface area contributed by atoms with Crippen molar-refractivity contribution in [3.8, 4) is 0 Å². The molecule has 1 saturated carbocycles. The Morgan fingerprint density at radius 1 is 1.20 bits per heavy atom. The van der Waals surface area contributed by atoms with Crippen molar-refractivity contribution in [3.63, 3.8) is 0 Å². The summed E-state index contributed by atoms with van der Waals surface area (Å²) in [6.45, 7) is 10.0. The molecule has 0 aromatic carbocycles. The van der Waals surface area contributed by atoms with Crippen molar-refractivity contribution in [2.75, 3.05) is 6.61 Å². The number of aliphatic hydroxyl groups excluding tert-OH is 1. The Balaban J connectivity index is 1.76. The highest BCUT2D eigenvalue weighted by Crippen LogP contribution is 2.65. The smallest absolute Gasteiger partial charge is 0.312 e. The summed E-state index contributed by atoms with van der Waals surface area (Å²) in [5.41, 5.74) is -3.79. The number of rotatable bonds is 2. The van der Waals surface area contributed by atoms with Crippen LogP contribution in [-0.2, 0) is 38.1 Å². The fourth-order valence-electron chi connectivity index (χ4n) is 7.15. The molecule has 194 valence electrons. The van der Waals surface area contributed by atoms with Gasteiger partial charge in [-0.2, -0.15) is 0 Å². The molecule has 0 radical (unpaired) electrons. The fourth-order valence-corrected chi connectivity index (χ4v) is 7.57. The number of hydrogen-bond acceptors (Lipinski definition) is 10. The SMILES string of the molecule is C=C1[C@H](Cl)[C@@H]2OC(=O)[C@H](C)[C@]23O[C@]1(O)C[C@H](OC(C)=O)[C@@]1(C)[C@@H](OC(C)=O)CC[C@]2(CO2)[C@@H]1[C@@H]3O. The number of aliphatic hydroxyl groups is 2. The molecule has 11 heteroatoms. The van der Waals surface area contributed by atoms with Crippen molar-refractivity contribution >= 4 is 29.5 Å². The van der Waals surface area contributed by atoms with Crippen molar-refractivity contribution in [2.45, 2.75) is 93.7 Å². The second-order valence-corrected chi connectivity index (χ2v) is 11.3. The van der Waals surface area contributed by atoms with Gasteiger partial charge in [0.1, 0.15) is 17.8 Å². The molecule has 0 amide bonds. The largest absolute Gasteiger partial charge is 0.462 e. The molecule has 11 atom stereocenters. The lowest BCUT2D eigenvalue weighted by Crippen LogP contribution is -2.76. The van der Waals surface area contributed by atoms with E-state index in [1.54, 1.807) is 13.8 Å². The van der Waals surface area contributed by atoms with Crippen molar-refractivity contribution in [2.24, 2.45) is 17.3 Å². The van der Waals surface area contributed by atoms with E-state index in [0.717, 1.165) is 0 Å². The Bertz CT molecular complexity index is 995. The Morgan fingerprint density at radius 2 is 1.80 bits per heavy atom. The van der Waals surface area contributed by atoms with Crippen LogP contribution in [0.4, 0.5) is 0 Å². The predicted octanol–water partition coefficient (Wildman–Crippen LogP) is 0.982. The van der Waals surface area contributed by atoms with Gasteiger partial charge in [-0.3, -0.25) is 14.4 Å². The maximum atomic E-state index is 12.8. The average Bonchev–Trinajstić information content (AvgIpc) is 3.48. The third kappa shape index (κ3) is 3.19. The Hall–Kier alpha value is -1.72. The second kappa shape index (κ2) is 7.64. The van der Waals surface area contributed by atoms with Crippen LogP contribution in [0.1, 0.15) is 47.0 Å². The molecule has 0 aromatic rings. The zero-order chi connectivity index (χ0) is 25.7. The van der Waals surface area contributed by atoms with E-state index in [-0.39, 0.29) is 12.0 Å². The molecule has 2 N–H and O–H groups in total. The molecule has 4 heterocycles. The number of carbonyl (C=O) groups is 3. The number of carbonyl (C=O) groups excluding carboxylic acids is 3. The van der Waals surface area contributed by atoms with Crippen LogP contribution in [0.3, 0.4) is 0 Å². The van der Waals surface area contributed by atoms with Crippen LogP contribution >= 0.6 is 11.6 Å². The van der Waals surface area contributed by atoms with Gasteiger partial charge in [0.2, 0.25) is 0 Å². The van der Waals surface area contributed by atoms with E-state index in [2.05, 4.69) is 6.58 Å². The summed E-state index contributed by atoms with van der Waals surface area (Å²) in [6.07, 6.45) is -3.94. The summed E-state index contributed by atoms with van der Waals surface area (Å²) < 4.78 is 29.3. The first kappa shape index (κ1) is 25.0. The normalized spacial score (nSPS) is 52.5. The molecule has 4 saturated heterocycles. The molecule has 2 bridgehead atoms. The monoisotopic (exact) mass is 514 g/mol. The highest BCUT2D eigenvalue weighted by molar-refractivity contribution is 6.23. The molecule has 0 unspecified atom stereocenters. The molecule has 0 aromatic heterocycles. The zero-order valence-electron chi connectivity index (χ0n) is 20.1. The fraction of sp³-hybridized carbons (Fsp3) is 0.792. The molecule has 35 heavy (non-hydrogen) atoms. The van der Waals surface area contributed by atoms with Gasteiger partial charge in [-0.1, -0.05) is 13.5 Å². The van der Waals surface area contributed by atoms with Gasteiger partial charge in [0.15, 0.2) is 11.9 Å². The predicted molar refractivity (Wildman–Crippen MR) is 118 cm³/mol. The van der Waals surface area contributed by atoms with Gasteiger partial charge < -0.3 is 33.9 Å². The molecule has 10 nitrogen and oxygen atoms in total. The van der Waals surface area contributed by atoms with Crippen LogP contribution in [0.15, 0.2) is 12.2 Å². The number of halogens is 1. The Kier molecular flexibility index (Phi) is 5.45. The number of epoxide rings is 1. The first-order chi connectivity index (χ1) is 16.2. The lowest BCUT2D eigenvalue weighted by Gasteiger charge is -2.62. The van der Waals surface area contributed by atoms with Crippen LogP contribution in [0.2, 0.25) is 0 Å². The van der Waals surface area contributed by atoms with E-state index >= 15 is 0 Å². The quantitative estimate of drug-likeness (QED) is 0.180. The molecule has 4 aliphatic heterocycles. The Labute approximate surface area is 207 Å². The minimum absolute atomic E-state index is 0.0188. The maximum Gasteiger partial charge on any atom is 0.312 e. The van der Waals surface area contributed by atoms with E-state index in [9.17, 15) is 24.6 Å². The average molecular weight is 515 g/mol. The summed E-state index contributed by atoms with van der Waals surface area (Å²) in [7, 11) is 0. The first-order valence-corrected chi connectivity index (χ1v) is 12.3. The number of fused-ring (bicyclic) bond motifs is 3. The van der Waals surface area contributed by atoms with Gasteiger partial charge >= 0.3 is 17.9 Å². The summed E-state index contributed by atoms with van der Waals surface area (Å²) in [5, 5.41) is 22.9. The van der Waals surface area contributed by atoms with Gasteiger partial charge in [-0.05, 0) is 19.8 Å². The van der Waals surface area contributed by atoms with Crippen LogP contribution < -0.4 is 0 Å². The zero-order valence-corrected chi connectivity index (χ0v) is 20.9. The third-order valence-corrected chi connectivity index (χ3v) is 9.48. The number of hydrogen-bond donors (Lipinski definition) is 2. The Morgan fingerprint density at radius 3 is 2.37 bits per heavy atom. The van der Waals surface area contributed by atoms with Gasteiger partial charge in [-0.15, -0.1) is 11.6 Å². The first-order valence-electron chi connectivity index (χ1n) is 11.9. The molecule has 5 rings (SSSR count). The van der Waals surface area contributed by atoms with E-state index in [4.69, 9.17) is 35.3 Å². The maximum absolute atomic E-state index is 12.8. The molecule has 5 aliphatic rings. The van der Waals surface area contributed by atoms with Crippen molar-refractivity contribution in [1.29, 1.82) is 0 Å². The highest BCUT2D eigenvalue weighted by Gasteiger charge is 2.79. The summed E-state index contributed by atoms with van der Waals surface area (Å²) in [5.74, 6) is -5.79. The van der Waals surface area contributed by atoms with Crippen molar-refractivity contribution < 1.29 is 48.3 Å². The van der Waals surface area contributed by atoms with E-state index in [1.165, 1.54) is 13.8 Å². The number of alkyl halides is 1. The van der Waals surface area contributed by atoms with Crippen LogP contribution in [0, 0.1) is 17.3 Å². The summed E-state index contributed by atoms with van der Waals surface area (Å²) in [6, 6.07) is 0. The van der Waals surface area contributed by atoms with Crippen LogP contribution in [-0.4, -0.2) is 81.5 Å². The second-order valence-electron chi connectivity index (χ2n) is 10.8. The van der Waals surface area contributed by atoms with E-state index < -0.39 is 81.9 Å². The molecular weight excluding hydrogens is 484 g/mol. The lowest BCUT2D eigenvalue weighted by molar-refractivity contribution is -0.352. The standard InChI is InChI=1S/C24H31ClO10/c1-10-16(25)19-24(11(2)20(29)34-19)18(28)17-21(5,15(33-13(4)27)8-23(10,30)35-24)14(32-12(3)26)6-7-22(17)9-31-22/h11,14-19,28,30H,1,6-9H2,2-5H3/t11-,14-,15-,16-,17+,18-,19-,21+,22-,23+,24+/m0/s1. The minimum atomic E-state index is -2.17. The summed E-state index contributed by atoms with van der Waals surface area (Å²) >= 11 is 6.69. The molecular formula is C24H31ClO10. The van der Waals surface area contributed by atoms with Gasteiger partial charge in [0.05, 0.1) is 35.0 Å². The minimum Gasteiger partial charge on any atom is -0.462 e. The topological polar surface area (TPSA) is 141 Å². The van der Waals surface area contributed by atoms with Gasteiger partial charge in [0.25, 0.3) is 0 Å². The molecule has 1 aliphatic carbocycles. The van der Waals surface area contributed by atoms with Gasteiger partial charge in [0, 0.05) is 31.8 Å². The van der Waals surface area contributed by atoms with Gasteiger partial charge in [-0.25, -0.2) is 0 Å². The molecule has 5 fully saturated rings. The van der Waals surface area contributed by atoms with Crippen LogP contribution in [0.5, 0.6) is 0 Å².